The lowest BCUT2D eigenvalue weighted by molar-refractivity contribution is 0.198. The Labute approximate surface area is 151 Å². The highest BCUT2D eigenvalue weighted by Gasteiger charge is 2.33. The van der Waals surface area contributed by atoms with Crippen LogP contribution in [0.5, 0.6) is 0 Å². The lowest BCUT2D eigenvalue weighted by atomic mass is 9.93. The Bertz CT molecular complexity index is 835. The number of rotatable bonds is 3. The molecule has 140 valence electrons. The van der Waals surface area contributed by atoms with Crippen molar-refractivity contribution in [3.8, 4) is 0 Å². The molecule has 2 aromatic rings. The summed E-state index contributed by atoms with van der Waals surface area (Å²) >= 11 is 5.83. The lowest BCUT2D eigenvalue weighted by Gasteiger charge is -2.25. The van der Waals surface area contributed by atoms with E-state index >= 15 is 0 Å². The monoisotopic (exact) mass is 392 g/mol. The molecule has 1 aliphatic rings. The van der Waals surface area contributed by atoms with Gasteiger partial charge in [0.25, 0.3) is 0 Å². The Balaban J connectivity index is 2.18. The smallest absolute Gasteiger partial charge is 0.200 e. The molecule has 0 amide bonds. The standard InChI is InChI=1S/C17H14ClF5N2O/c1-25-4-2-3-9(25)8-6-24-10(18)5-7(8)17(26)11-12(19)14(21)16(23)15(22)13(11)20/h5-6,9,17,26H,2-4H2,1H3/t9-,17+/m0/s1. The largest absolute Gasteiger partial charge is 0.383 e. The minimum Gasteiger partial charge on any atom is -0.383 e. The summed E-state index contributed by atoms with van der Waals surface area (Å²) in [7, 11) is 1.82. The Kier molecular flexibility index (Phi) is 5.18. The van der Waals surface area contributed by atoms with Gasteiger partial charge in [0.05, 0.1) is 5.56 Å². The zero-order valence-electron chi connectivity index (χ0n) is 13.5. The van der Waals surface area contributed by atoms with Gasteiger partial charge in [-0.2, -0.15) is 0 Å². The second-order valence-electron chi connectivity index (χ2n) is 6.16. The van der Waals surface area contributed by atoms with E-state index in [2.05, 4.69) is 4.98 Å². The zero-order valence-corrected chi connectivity index (χ0v) is 14.3. The van der Waals surface area contributed by atoms with E-state index < -0.39 is 40.8 Å². The quantitative estimate of drug-likeness (QED) is 0.366. The number of aliphatic hydroxyl groups excluding tert-OH is 1. The molecule has 0 spiro atoms. The van der Waals surface area contributed by atoms with Gasteiger partial charge in [-0.05, 0) is 43.6 Å². The number of likely N-dealkylation sites (tertiary alicyclic amines) is 1. The molecule has 1 aromatic heterocycles. The Hall–Kier alpha value is -1.77. The molecule has 1 saturated heterocycles. The number of nitrogens with zero attached hydrogens (tertiary/aromatic N) is 2. The molecule has 2 heterocycles. The Morgan fingerprint density at radius 2 is 1.69 bits per heavy atom. The van der Waals surface area contributed by atoms with Crippen molar-refractivity contribution in [2.45, 2.75) is 25.0 Å². The van der Waals surface area contributed by atoms with Gasteiger partial charge in [-0.1, -0.05) is 11.6 Å². The number of pyridine rings is 1. The van der Waals surface area contributed by atoms with Crippen LogP contribution in [-0.2, 0) is 0 Å². The summed E-state index contributed by atoms with van der Waals surface area (Å²) in [5, 5.41) is 10.4. The summed E-state index contributed by atoms with van der Waals surface area (Å²) in [4.78, 5) is 5.87. The van der Waals surface area contributed by atoms with Crippen LogP contribution in [0.3, 0.4) is 0 Å². The molecule has 1 fully saturated rings. The predicted octanol–water partition coefficient (Wildman–Crippen LogP) is 4.28. The summed E-state index contributed by atoms with van der Waals surface area (Å²) in [6.45, 7) is 0.755. The highest BCUT2D eigenvalue weighted by Crippen LogP contribution is 2.39. The number of halogens is 6. The van der Waals surface area contributed by atoms with Crippen LogP contribution in [0.15, 0.2) is 12.3 Å². The zero-order chi connectivity index (χ0) is 19.2. The molecule has 2 atom stereocenters. The average Bonchev–Trinajstić information content (AvgIpc) is 3.04. The van der Waals surface area contributed by atoms with E-state index in [-0.39, 0.29) is 16.8 Å². The third-order valence-corrected chi connectivity index (χ3v) is 4.83. The SMILES string of the molecule is CN1CCC[C@H]1c1cnc(Cl)cc1[C@@H](O)c1c(F)c(F)c(F)c(F)c1F. The summed E-state index contributed by atoms with van der Waals surface area (Å²) in [5.74, 6) is -10.7. The van der Waals surface area contributed by atoms with E-state index in [1.54, 1.807) is 0 Å². The minimum absolute atomic E-state index is 0.0491. The van der Waals surface area contributed by atoms with Gasteiger partial charge >= 0.3 is 0 Å². The van der Waals surface area contributed by atoms with Crippen LogP contribution in [0.2, 0.25) is 5.15 Å². The highest BCUT2D eigenvalue weighted by molar-refractivity contribution is 6.29. The minimum atomic E-state index is -2.28. The molecule has 0 bridgehead atoms. The summed E-state index contributed by atoms with van der Waals surface area (Å²) in [6, 6.07) is 0.955. The Morgan fingerprint density at radius 3 is 2.23 bits per heavy atom. The molecule has 26 heavy (non-hydrogen) atoms. The van der Waals surface area contributed by atoms with Crippen LogP contribution >= 0.6 is 11.6 Å². The van der Waals surface area contributed by atoms with Crippen molar-refractivity contribution >= 4 is 11.6 Å². The van der Waals surface area contributed by atoms with Crippen molar-refractivity contribution in [2.75, 3.05) is 13.6 Å². The van der Waals surface area contributed by atoms with E-state index in [1.165, 1.54) is 12.3 Å². The van der Waals surface area contributed by atoms with Crippen LogP contribution in [-0.4, -0.2) is 28.6 Å². The van der Waals surface area contributed by atoms with Gasteiger partial charge in [0, 0.05) is 12.2 Å². The maximum absolute atomic E-state index is 14.1. The first-order chi connectivity index (χ1) is 12.2. The molecule has 0 saturated carbocycles. The molecule has 0 unspecified atom stereocenters. The van der Waals surface area contributed by atoms with Gasteiger partial charge in [0.15, 0.2) is 23.3 Å². The first kappa shape index (κ1) is 19.0. The molecule has 1 aliphatic heterocycles. The highest BCUT2D eigenvalue weighted by atomic mass is 35.5. The van der Waals surface area contributed by atoms with Gasteiger partial charge in [-0.3, -0.25) is 4.90 Å². The van der Waals surface area contributed by atoms with Crippen molar-refractivity contribution < 1.29 is 27.1 Å². The van der Waals surface area contributed by atoms with E-state index in [0.29, 0.717) is 12.0 Å². The normalized spacial score (nSPS) is 19.2. The van der Waals surface area contributed by atoms with Crippen molar-refractivity contribution in [3.63, 3.8) is 0 Å². The molecule has 1 aromatic carbocycles. The number of hydrogen-bond donors (Lipinski definition) is 1. The second kappa shape index (κ2) is 7.09. The average molecular weight is 393 g/mol. The molecular weight excluding hydrogens is 379 g/mol. The summed E-state index contributed by atoms with van der Waals surface area (Å²) < 4.78 is 68.4. The number of aliphatic hydroxyl groups is 1. The maximum Gasteiger partial charge on any atom is 0.200 e. The summed E-state index contributed by atoms with van der Waals surface area (Å²) in [5.41, 5.74) is -0.941. The van der Waals surface area contributed by atoms with Crippen LogP contribution in [0.25, 0.3) is 0 Å². The van der Waals surface area contributed by atoms with Crippen LogP contribution < -0.4 is 0 Å². The fourth-order valence-electron chi connectivity index (χ4n) is 3.29. The second-order valence-corrected chi connectivity index (χ2v) is 6.55. The number of aromatic nitrogens is 1. The Morgan fingerprint density at radius 1 is 1.12 bits per heavy atom. The molecular formula is C17H14ClF5N2O. The van der Waals surface area contributed by atoms with Gasteiger partial charge < -0.3 is 5.11 Å². The fraction of sp³-hybridized carbons (Fsp3) is 0.353. The molecule has 1 N–H and O–H groups in total. The van der Waals surface area contributed by atoms with Gasteiger partial charge in [0.1, 0.15) is 11.3 Å². The topological polar surface area (TPSA) is 36.4 Å². The molecule has 3 nitrogen and oxygen atoms in total. The number of hydrogen-bond acceptors (Lipinski definition) is 3. The van der Waals surface area contributed by atoms with Crippen molar-refractivity contribution in [3.05, 3.63) is 63.2 Å². The third kappa shape index (κ3) is 3.06. The van der Waals surface area contributed by atoms with Gasteiger partial charge in [-0.25, -0.2) is 26.9 Å². The first-order valence-corrected chi connectivity index (χ1v) is 8.16. The molecule has 0 aliphatic carbocycles. The van der Waals surface area contributed by atoms with Crippen molar-refractivity contribution in [2.24, 2.45) is 0 Å². The van der Waals surface area contributed by atoms with Crippen LogP contribution in [0.1, 0.15) is 41.7 Å². The predicted molar refractivity (Wildman–Crippen MR) is 84.1 cm³/mol. The first-order valence-electron chi connectivity index (χ1n) is 7.79. The molecule has 9 heteroatoms. The van der Waals surface area contributed by atoms with Crippen molar-refractivity contribution in [1.29, 1.82) is 0 Å². The maximum atomic E-state index is 14.1. The van der Waals surface area contributed by atoms with E-state index in [1.807, 2.05) is 11.9 Å². The van der Waals surface area contributed by atoms with Crippen LogP contribution in [0, 0.1) is 29.1 Å². The van der Waals surface area contributed by atoms with E-state index in [0.717, 1.165) is 13.0 Å². The van der Waals surface area contributed by atoms with E-state index in [4.69, 9.17) is 11.6 Å². The third-order valence-electron chi connectivity index (χ3n) is 4.63. The van der Waals surface area contributed by atoms with Crippen LogP contribution in [0.4, 0.5) is 22.0 Å². The summed E-state index contributed by atoms with van der Waals surface area (Å²) in [6.07, 6.45) is 0.793. The van der Waals surface area contributed by atoms with Crippen molar-refractivity contribution in [1.82, 2.24) is 9.88 Å². The molecule has 0 radical (unpaired) electrons. The lowest BCUT2D eigenvalue weighted by Crippen LogP contribution is -2.21. The van der Waals surface area contributed by atoms with Gasteiger partial charge in [-0.15, -0.1) is 0 Å². The molecule has 3 rings (SSSR count). The fourth-order valence-corrected chi connectivity index (χ4v) is 3.46. The van der Waals surface area contributed by atoms with E-state index in [9.17, 15) is 27.1 Å². The van der Waals surface area contributed by atoms with Gasteiger partial charge in [0.2, 0.25) is 5.82 Å². The number of benzene rings is 1.